The third-order valence-electron chi connectivity index (χ3n) is 2.44. The van der Waals surface area contributed by atoms with Crippen molar-refractivity contribution in [3.63, 3.8) is 0 Å². The van der Waals surface area contributed by atoms with Gasteiger partial charge in [-0.05, 0) is 25.1 Å². The molecule has 1 atom stereocenters. The van der Waals surface area contributed by atoms with E-state index in [2.05, 4.69) is 4.98 Å². The fraction of sp³-hybridized carbons (Fsp3) is 0.250. The molecule has 0 bridgehead atoms. The molecule has 1 aromatic carbocycles. The lowest BCUT2D eigenvalue weighted by Crippen LogP contribution is -2.05. The number of aromatic nitrogens is 1. The fourth-order valence-electron chi connectivity index (χ4n) is 1.61. The van der Waals surface area contributed by atoms with Gasteiger partial charge in [0.2, 0.25) is 0 Å². The molecule has 3 nitrogen and oxygen atoms in total. The van der Waals surface area contributed by atoms with Crippen LogP contribution in [0.15, 0.2) is 23.6 Å². The van der Waals surface area contributed by atoms with Crippen LogP contribution in [0.1, 0.15) is 22.4 Å². The van der Waals surface area contributed by atoms with Crippen LogP contribution in [0.3, 0.4) is 0 Å². The van der Waals surface area contributed by atoms with Crippen molar-refractivity contribution in [3.05, 3.63) is 45.7 Å². The van der Waals surface area contributed by atoms with Crippen molar-refractivity contribution >= 4 is 17.0 Å². The maximum absolute atomic E-state index is 13.1. The average Bonchev–Trinajstić information content (AvgIpc) is 2.67. The number of aryl methyl sites for hydroxylation is 1. The van der Waals surface area contributed by atoms with Crippen LogP contribution >= 0.6 is 11.3 Å². The number of hydrogen-bond donors (Lipinski definition) is 2. The summed E-state index contributed by atoms with van der Waals surface area (Å²) in [6.07, 6.45) is -0.470. The Kier molecular flexibility index (Phi) is 3.40. The first-order chi connectivity index (χ1) is 8.06. The molecule has 2 aromatic rings. The lowest BCUT2D eigenvalue weighted by atomic mass is 10.0. The summed E-state index contributed by atoms with van der Waals surface area (Å²) < 4.78 is 13.1. The first-order valence-electron chi connectivity index (χ1n) is 5.20. The molecular formula is C12H13FN2OS. The van der Waals surface area contributed by atoms with Gasteiger partial charge in [0, 0.05) is 28.7 Å². The number of nitrogen functional groups attached to an aromatic ring is 1. The van der Waals surface area contributed by atoms with Gasteiger partial charge in [0.05, 0.1) is 11.1 Å². The zero-order valence-corrected chi connectivity index (χ0v) is 10.2. The molecule has 2 rings (SSSR count). The Morgan fingerprint density at radius 1 is 1.53 bits per heavy atom. The molecule has 0 radical (unpaired) electrons. The van der Waals surface area contributed by atoms with E-state index >= 15 is 0 Å². The Morgan fingerprint density at radius 3 is 2.94 bits per heavy atom. The molecule has 0 aliphatic carbocycles. The van der Waals surface area contributed by atoms with Crippen LogP contribution < -0.4 is 5.73 Å². The lowest BCUT2D eigenvalue weighted by molar-refractivity contribution is 0.178. The number of hydrogen-bond acceptors (Lipinski definition) is 4. The van der Waals surface area contributed by atoms with Crippen molar-refractivity contribution in [2.24, 2.45) is 0 Å². The zero-order valence-electron chi connectivity index (χ0n) is 9.35. The second-order valence-corrected chi connectivity index (χ2v) is 4.82. The molecular weight excluding hydrogens is 239 g/mol. The molecule has 1 aromatic heterocycles. The summed E-state index contributed by atoms with van der Waals surface area (Å²) in [7, 11) is 0. The van der Waals surface area contributed by atoms with Gasteiger partial charge in [0.1, 0.15) is 5.82 Å². The molecule has 0 saturated heterocycles. The Hall–Kier alpha value is -1.46. The quantitative estimate of drug-likeness (QED) is 0.825. The first-order valence-corrected chi connectivity index (χ1v) is 6.08. The number of aliphatic hydroxyl groups excluding tert-OH is 1. The van der Waals surface area contributed by atoms with Gasteiger partial charge in [0.15, 0.2) is 0 Å². The average molecular weight is 252 g/mol. The monoisotopic (exact) mass is 252 g/mol. The number of nitrogens with zero attached hydrogens (tertiary/aromatic N) is 1. The zero-order chi connectivity index (χ0) is 12.4. The van der Waals surface area contributed by atoms with Crippen molar-refractivity contribution in [2.75, 3.05) is 5.73 Å². The molecule has 0 aliphatic heterocycles. The van der Waals surface area contributed by atoms with Crippen LogP contribution in [0.25, 0.3) is 0 Å². The van der Waals surface area contributed by atoms with Gasteiger partial charge < -0.3 is 10.8 Å². The number of benzene rings is 1. The van der Waals surface area contributed by atoms with Crippen LogP contribution in [0, 0.1) is 12.7 Å². The molecule has 0 aliphatic rings. The number of rotatable bonds is 3. The van der Waals surface area contributed by atoms with Crippen LogP contribution in [-0.2, 0) is 6.42 Å². The minimum atomic E-state index is -0.823. The molecule has 1 unspecified atom stereocenters. The Bertz CT molecular complexity index is 527. The van der Waals surface area contributed by atoms with Crippen molar-refractivity contribution in [1.29, 1.82) is 0 Å². The standard InChI is InChI=1S/C12H13FN2OS/c1-7-6-17-12(15-7)5-11(16)9-4-8(13)2-3-10(9)14/h2-4,6,11,16H,5,14H2,1H3. The normalized spacial score (nSPS) is 12.6. The van der Waals surface area contributed by atoms with Gasteiger partial charge in [-0.1, -0.05) is 0 Å². The minimum absolute atomic E-state index is 0.353. The van der Waals surface area contributed by atoms with Gasteiger partial charge in [-0.2, -0.15) is 0 Å². The van der Waals surface area contributed by atoms with Gasteiger partial charge >= 0.3 is 0 Å². The highest BCUT2D eigenvalue weighted by molar-refractivity contribution is 7.09. The van der Waals surface area contributed by atoms with E-state index < -0.39 is 11.9 Å². The molecule has 1 heterocycles. The summed E-state index contributed by atoms with van der Waals surface area (Å²) in [5, 5.41) is 12.7. The third kappa shape index (κ3) is 2.81. The van der Waals surface area contributed by atoms with Crippen molar-refractivity contribution < 1.29 is 9.50 Å². The summed E-state index contributed by atoms with van der Waals surface area (Å²) >= 11 is 1.48. The number of halogens is 1. The number of aliphatic hydroxyl groups is 1. The van der Waals surface area contributed by atoms with Crippen LogP contribution in [0.5, 0.6) is 0 Å². The number of anilines is 1. The van der Waals surface area contributed by atoms with E-state index in [1.807, 2.05) is 12.3 Å². The molecule has 90 valence electrons. The van der Waals surface area contributed by atoms with Gasteiger partial charge in [-0.15, -0.1) is 11.3 Å². The highest BCUT2D eigenvalue weighted by Gasteiger charge is 2.14. The van der Waals surface area contributed by atoms with Gasteiger partial charge in [-0.25, -0.2) is 9.37 Å². The smallest absolute Gasteiger partial charge is 0.123 e. The molecule has 0 saturated carbocycles. The van der Waals surface area contributed by atoms with E-state index in [0.717, 1.165) is 10.7 Å². The molecule has 0 spiro atoms. The van der Waals surface area contributed by atoms with Crippen molar-refractivity contribution in [3.8, 4) is 0 Å². The number of thiazole rings is 1. The highest BCUT2D eigenvalue weighted by Crippen LogP contribution is 2.25. The molecule has 5 heteroatoms. The van der Waals surface area contributed by atoms with E-state index in [9.17, 15) is 9.50 Å². The predicted octanol–water partition coefficient (Wildman–Crippen LogP) is 2.45. The molecule has 0 amide bonds. The summed E-state index contributed by atoms with van der Waals surface area (Å²) in [5.74, 6) is -0.399. The summed E-state index contributed by atoms with van der Waals surface area (Å²) in [6.45, 7) is 1.89. The summed E-state index contributed by atoms with van der Waals surface area (Å²) in [5.41, 5.74) is 7.44. The van der Waals surface area contributed by atoms with Crippen LogP contribution in [0.2, 0.25) is 0 Å². The van der Waals surface area contributed by atoms with Crippen LogP contribution in [0.4, 0.5) is 10.1 Å². The maximum Gasteiger partial charge on any atom is 0.123 e. The predicted molar refractivity (Wildman–Crippen MR) is 66.3 cm³/mol. The topological polar surface area (TPSA) is 59.1 Å². The maximum atomic E-state index is 13.1. The van der Waals surface area contributed by atoms with E-state index in [0.29, 0.717) is 17.7 Å². The lowest BCUT2D eigenvalue weighted by Gasteiger charge is -2.12. The molecule has 0 fully saturated rings. The first kappa shape index (κ1) is 12.0. The molecule has 17 heavy (non-hydrogen) atoms. The fourth-order valence-corrected chi connectivity index (χ4v) is 2.42. The second kappa shape index (κ2) is 4.81. The van der Waals surface area contributed by atoms with Gasteiger partial charge in [-0.3, -0.25) is 0 Å². The SMILES string of the molecule is Cc1csc(CC(O)c2cc(F)ccc2N)n1. The Balaban J connectivity index is 2.19. The van der Waals surface area contributed by atoms with Crippen molar-refractivity contribution in [2.45, 2.75) is 19.4 Å². The second-order valence-electron chi connectivity index (χ2n) is 3.88. The van der Waals surface area contributed by atoms with E-state index in [1.54, 1.807) is 0 Å². The third-order valence-corrected chi connectivity index (χ3v) is 3.43. The summed E-state index contributed by atoms with van der Waals surface area (Å²) in [6, 6.07) is 4.00. The van der Waals surface area contributed by atoms with E-state index in [-0.39, 0.29) is 0 Å². The van der Waals surface area contributed by atoms with Gasteiger partial charge in [0.25, 0.3) is 0 Å². The highest BCUT2D eigenvalue weighted by atomic mass is 32.1. The Labute approximate surface area is 103 Å². The van der Waals surface area contributed by atoms with Crippen molar-refractivity contribution in [1.82, 2.24) is 4.98 Å². The minimum Gasteiger partial charge on any atom is -0.398 e. The van der Waals surface area contributed by atoms with E-state index in [1.165, 1.54) is 29.5 Å². The van der Waals surface area contributed by atoms with E-state index in [4.69, 9.17) is 5.73 Å². The summed E-state index contributed by atoms with van der Waals surface area (Å²) in [4.78, 5) is 4.25. The number of nitrogens with two attached hydrogens (primary N) is 1. The molecule has 3 N–H and O–H groups in total. The largest absolute Gasteiger partial charge is 0.398 e. The van der Waals surface area contributed by atoms with Crippen LogP contribution in [-0.4, -0.2) is 10.1 Å². The Morgan fingerprint density at radius 2 is 2.29 bits per heavy atom.